The quantitative estimate of drug-likeness (QED) is 0.0550. The van der Waals surface area contributed by atoms with Crippen molar-refractivity contribution >= 4 is 57.4 Å². The molecule has 2 heteroatoms. The summed E-state index contributed by atoms with van der Waals surface area (Å²) in [6.45, 7) is 28.0. The summed E-state index contributed by atoms with van der Waals surface area (Å²) in [5, 5.41) is 2.15. The first-order chi connectivity index (χ1) is 30.6. The molecule has 7 aromatic carbocycles. The van der Waals surface area contributed by atoms with Crippen molar-refractivity contribution in [2.75, 3.05) is 4.90 Å². The van der Waals surface area contributed by atoms with Crippen LogP contribution in [0.4, 0.5) is 17.1 Å². The number of carbonyl (C=O) groups excluding carboxylic acids is 1. The Hall–Kier alpha value is -8.07. The molecule has 0 radical (unpaired) electrons. The summed E-state index contributed by atoms with van der Waals surface area (Å²) in [6, 6.07) is 53.1. The molecule has 0 fully saturated rings. The molecule has 7 rings (SSSR count). The minimum atomic E-state index is -0.0104. The van der Waals surface area contributed by atoms with Crippen LogP contribution in [-0.4, -0.2) is 5.78 Å². The van der Waals surface area contributed by atoms with Gasteiger partial charge in [0.25, 0.3) is 0 Å². The summed E-state index contributed by atoms with van der Waals surface area (Å²) in [4.78, 5) is 16.0. The second-order valence-corrected chi connectivity index (χ2v) is 15.4. The summed E-state index contributed by atoms with van der Waals surface area (Å²) in [5.41, 5.74) is 16.3. The predicted octanol–water partition coefficient (Wildman–Crippen LogP) is 16.9. The van der Waals surface area contributed by atoms with Gasteiger partial charge in [0, 0.05) is 22.6 Å². The first-order valence-corrected chi connectivity index (χ1v) is 21.0. The van der Waals surface area contributed by atoms with Crippen molar-refractivity contribution < 1.29 is 4.79 Å². The number of anilines is 3. The first-order valence-electron chi connectivity index (χ1n) is 21.0. The number of Topliss-reactive ketones (excluding diaryl/α,β-unsaturated/α-hetero) is 1. The number of hydrogen-bond acceptors (Lipinski definition) is 2. The maximum atomic E-state index is 13.7. The van der Waals surface area contributed by atoms with Crippen molar-refractivity contribution in [3.8, 4) is 22.3 Å². The van der Waals surface area contributed by atoms with Gasteiger partial charge < -0.3 is 4.90 Å². The summed E-state index contributed by atoms with van der Waals surface area (Å²) < 4.78 is 0. The standard InChI is InChI=1S/C61H51NO/c1-9-13-20-42(5)45(8)57(19-10-2)50-27-32-54(33-28-50)62(55-34-29-51(30-35-55)59-24-18-17-23-58(59)49-21-15-14-16-22-49)56-36-31-52-39-46(25-26-53(52)40-56)37-44(7)61(63)60-41-48(12-4)47(11-3)38-43(60)6/h9-41H,1-5,8H2,6-7H3/b20-13-,44-37-,57-19+. The Labute approximate surface area is 373 Å². The molecule has 63 heavy (non-hydrogen) atoms. The third-order valence-corrected chi connectivity index (χ3v) is 11.3. The molecule has 0 heterocycles. The maximum Gasteiger partial charge on any atom is 0.189 e. The van der Waals surface area contributed by atoms with Gasteiger partial charge in [0.05, 0.1) is 0 Å². The number of hydrogen-bond donors (Lipinski definition) is 0. The van der Waals surface area contributed by atoms with Crippen LogP contribution in [0.1, 0.15) is 45.1 Å². The van der Waals surface area contributed by atoms with Gasteiger partial charge in [-0.3, -0.25) is 4.79 Å². The normalized spacial score (nSPS) is 11.6. The molecule has 0 aliphatic rings. The van der Waals surface area contributed by atoms with Gasteiger partial charge in [-0.1, -0.05) is 185 Å². The zero-order valence-electron chi connectivity index (χ0n) is 36.2. The Morgan fingerprint density at radius 2 is 1.16 bits per heavy atom. The second kappa shape index (κ2) is 19.5. The fourth-order valence-electron chi connectivity index (χ4n) is 7.93. The number of benzene rings is 7. The van der Waals surface area contributed by atoms with Crippen molar-refractivity contribution in [2.45, 2.75) is 13.8 Å². The van der Waals surface area contributed by atoms with Gasteiger partial charge in [0.1, 0.15) is 0 Å². The Morgan fingerprint density at radius 1 is 0.587 bits per heavy atom. The van der Waals surface area contributed by atoms with Crippen molar-refractivity contribution in [3.05, 3.63) is 272 Å². The van der Waals surface area contributed by atoms with E-state index in [2.05, 4.69) is 178 Å². The molecule has 0 aliphatic heterocycles. The van der Waals surface area contributed by atoms with Crippen LogP contribution in [-0.2, 0) is 0 Å². The van der Waals surface area contributed by atoms with Gasteiger partial charge in [-0.05, 0) is 152 Å². The lowest BCUT2D eigenvalue weighted by atomic mass is 9.93. The topological polar surface area (TPSA) is 20.3 Å². The van der Waals surface area contributed by atoms with Gasteiger partial charge in [0.2, 0.25) is 0 Å². The van der Waals surface area contributed by atoms with E-state index >= 15 is 0 Å². The summed E-state index contributed by atoms with van der Waals surface area (Å²) in [7, 11) is 0. The largest absolute Gasteiger partial charge is 0.310 e. The van der Waals surface area contributed by atoms with Crippen LogP contribution >= 0.6 is 0 Å². The fraction of sp³-hybridized carbons (Fsp3) is 0.0328. The van der Waals surface area contributed by atoms with Crippen LogP contribution in [0.3, 0.4) is 0 Å². The molecule has 0 aromatic heterocycles. The van der Waals surface area contributed by atoms with Gasteiger partial charge in [-0.25, -0.2) is 0 Å². The van der Waals surface area contributed by atoms with Crippen molar-refractivity contribution in [1.29, 1.82) is 0 Å². The van der Waals surface area contributed by atoms with E-state index in [9.17, 15) is 4.79 Å². The van der Waals surface area contributed by atoms with Crippen LogP contribution in [0.5, 0.6) is 0 Å². The van der Waals surface area contributed by atoms with Crippen LogP contribution in [0.15, 0.2) is 238 Å². The maximum absolute atomic E-state index is 13.7. The van der Waals surface area contributed by atoms with Crippen LogP contribution in [0.25, 0.3) is 56.8 Å². The molecule has 0 N–H and O–H groups in total. The summed E-state index contributed by atoms with van der Waals surface area (Å²) >= 11 is 0. The molecule has 0 atom stereocenters. The predicted molar refractivity (Wildman–Crippen MR) is 275 cm³/mol. The van der Waals surface area contributed by atoms with E-state index in [0.29, 0.717) is 11.1 Å². The Morgan fingerprint density at radius 3 is 1.79 bits per heavy atom. The highest BCUT2D eigenvalue weighted by Gasteiger charge is 2.17. The fourth-order valence-corrected chi connectivity index (χ4v) is 7.93. The van der Waals surface area contributed by atoms with E-state index in [4.69, 9.17) is 0 Å². The van der Waals surface area contributed by atoms with E-state index in [1.54, 1.807) is 24.3 Å². The van der Waals surface area contributed by atoms with Crippen LogP contribution < -0.4 is 4.90 Å². The number of nitrogens with zero attached hydrogens (tertiary/aromatic N) is 1. The van der Waals surface area contributed by atoms with E-state index in [0.717, 1.165) is 77.9 Å². The van der Waals surface area contributed by atoms with Gasteiger partial charge in [0.15, 0.2) is 5.78 Å². The minimum Gasteiger partial charge on any atom is -0.310 e. The SMILES string of the molecule is C=C/C=C\C(=C)C(=C)/C(=C\C=C)c1ccc(N(c2ccc(-c3ccccc3-c3ccccc3)cc2)c2ccc3cc(/C=C(/C)C(=O)c4cc(C=C)c(C=C)cc4C)ccc3c2)cc1. The van der Waals surface area contributed by atoms with Crippen LogP contribution in [0, 0.1) is 6.92 Å². The molecule has 0 bridgehead atoms. The lowest BCUT2D eigenvalue weighted by Gasteiger charge is -2.26. The smallest absolute Gasteiger partial charge is 0.189 e. The summed E-state index contributed by atoms with van der Waals surface area (Å²) in [5.74, 6) is -0.0104. The lowest BCUT2D eigenvalue weighted by molar-refractivity contribution is 0.103. The number of carbonyl (C=O) groups is 1. The molecular weight excluding hydrogens is 763 g/mol. The summed E-state index contributed by atoms with van der Waals surface area (Å²) in [6.07, 6.45) is 14.8. The number of allylic oxidation sites excluding steroid dienone is 9. The average Bonchev–Trinajstić information content (AvgIpc) is 3.32. The average molecular weight is 814 g/mol. The zero-order chi connectivity index (χ0) is 44.5. The Bertz CT molecular complexity index is 3010. The van der Waals surface area contributed by atoms with E-state index in [-0.39, 0.29) is 5.78 Å². The Kier molecular flexibility index (Phi) is 13.3. The first kappa shape index (κ1) is 43.0. The Balaban J connectivity index is 1.26. The van der Waals surface area contributed by atoms with E-state index < -0.39 is 0 Å². The molecule has 306 valence electrons. The zero-order valence-corrected chi connectivity index (χ0v) is 36.2. The minimum absolute atomic E-state index is 0.0104. The van der Waals surface area contributed by atoms with Crippen molar-refractivity contribution in [3.63, 3.8) is 0 Å². The highest BCUT2D eigenvalue weighted by molar-refractivity contribution is 6.12. The number of rotatable bonds is 16. The van der Waals surface area contributed by atoms with Crippen molar-refractivity contribution in [1.82, 2.24) is 0 Å². The molecule has 0 saturated heterocycles. The number of fused-ring (bicyclic) bond motifs is 1. The molecule has 0 unspecified atom stereocenters. The third-order valence-electron chi connectivity index (χ3n) is 11.3. The second-order valence-electron chi connectivity index (χ2n) is 15.4. The molecule has 0 spiro atoms. The highest BCUT2D eigenvalue weighted by Crippen LogP contribution is 2.40. The molecule has 0 amide bonds. The van der Waals surface area contributed by atoms with Crippen LogP contribution in [0.2, 0.25) is 0 Å². The van der Waals surface area contributed by atoms with Crippen molar-refractivity contribution in [2.24, 2.45) is 0 Å². The molecule has 7 aromatic rings. The van der Waals surface area contributed by atoms with Gasteiger partial charge in [-0.2, -0.15) is 0 Å². The van der Waals surface area contributed by atoms with E-state index in [1.165, 1.54) is 16.7 Å². The molecule has 0 aliphatic carbocycles. The monoisotopic (exact) mass is 813 g/mol. The lowest BCUT2D eigenvalue weighted by Crippen LogP contribution is -2.10. The highest BCUT2D eigenvalue weighted by atomic mass is 16.1. The van der Waals surface area contributed by atoms with Gasteiger partial charge in [-0.15, -0.1) is 0 Å². The van der Waals surface area contributed by atoms with Gasteiger partial charge >= 0.3 is 0 Å². The number of ketones is 1. The molecular formula is C61H51NO. The molecule has 0 saturated carbocycles. The third kappa shape index (κ3) is 9.47. The van der Waals surface area contributed by atoms with E-state index in [1.807, 2.05) is 56.4 Å². The molecule has 2 nitrogen and oxygen atoms in total. The number of aryl methyl sites for hydroxylation is 1.